The summed E-state index contributed by atoms with van der Waals surface area (Å²) in [6.07, 6.45) is 7.25. The van der Waals surface area contributed by atoms with E-state index in [0.717, 1.165) is 47.4 Å². The molecule has 2 nitrogen and oxygen atoms in total. The van der Waals surface area contributed by atoms with Crippen LogP contribution in [0.25, 0.3) is 0 Å². The van der Waals surface area contributed by atoms with E-state index in [9.17, 15) is 0 Å². The third kappa shape index (κ3) is 1.88. The van der Waals surface area contributed by atoms with Gasteiger partial charge in [-0.15, -0.1) is 0 Å². The molecule has 0 heterocycles. The van der Waals surface area contributed by atoms with Gasteiger partial charge in [-0.25, -0.2) is 0 Å². The molecule has 2 heteroatoms. The molecule has 4 unspecified atom stereocenters. The van der Waals surface area contributed by atoms with Gasteiger partial charge >= 0.3 is 0 Å². The standard InChI is InChI=1S/C19H25NO/c1-21-16-4-2-3-11(10-16)14-8-15(9-14)20-19-17-12-5-6-13(7-12)18(17)19/h2-4,10,12-15,17-20H,5-9H2,1H3. The molecule has 4 saturated carbocycles. The lowest BCUT2D eigenvalue weighted by Gasteiger charge is -2.37. The van der Waals surface area contributed by atoms with Gasteiger partial charge in [0.2, 0.25) is 0 Å². The van der Waals surface area contributed by atoms with E-state index in [-0.39, 0.29) is 0 Å². The van der Waals surface area contributed by atoms with Gasteiger partial charge in [-0.3, -0.25) is 0 Å². The van der Waals surface area contributed by atoms with Gasteiger partial charge in [-0.2, -0.15) is 0 Å². The van der Waals surface area contributed by atoms with Crippen LogP contribution in [0.4, 0.5) is 0 Å². The highest BCUT2D eigenvalue weighted by Crippen LogP contribution is 2.66. The fraction of sp³-hybridized carbons (Fsp3) is 0.684. The van der Waals surface area contributed by atoms with E-state index in [2.05, 4.69) is 23.5 Å². The third-order valence-electron chi connectivity index (χ3n) is 6.87. The van der Waals surface area contributed by atoms with Crippen molar-refractivity contribution < 1.29 is 4.74 Å². The minimum atomic E-state index is 0.743. The summed E-state index contributed by atoms with van der Waals surface area (Å²) < 4.78 is 5.34. The average molecular weight is 283 g/mol. The molecule has 1 aromatic carbocycles. The van der Waals surface area contributed by atoms with Crippen LogP contribution < -0.4 is 10.1 Å². The maximum Gasteiger partial charge on any atom is 0.119 e. The average Bonchev–Trinajstić information content (AvgIpc) is 2.86. The molecule has 4 aliphatic carbocycles. The molecule has 21 heavy (non-hydrogen) atoms. The number of methoxy groups -OCH3 is 1. The normalized spacial score (nSPS) is 46.0. The lowest BCUT2D eigenvalue weighted by Crippen LogP contribution is -2.42. The second-order valence-corrected chi connectivity index (χ2v) is 7.82. The molecular weight excluding hydrogens is 258 g/mol. The van der Waals surface area contributed by atoms with E-state index in [1.165, 1.54) is 31.2 Å². The van der Waals surface area contributed by atoms with E-state index >= 15 is 0 Å². The molecule has 0 aliphatic heterocycles. The Labute approximate surface area is 127 Å². The van der Waals surface area contributed by atoms with Crippen molar-refractivity contribution in [2.75, 3.05) is 7.11 Å². The Morgan fingerprint density at radius 1 is 1.05 bits per heavy atom. The van der Waals surface area contributed by atoms with Gasteiger partial charge in [0.25, 0.3) is 0 Å². The van der Waals surface area contributed by atoms with Crippen molar-refractivity contribution in [3.05, 3.63) is 29.8 Å². The Balaban J connectivity index is 1.17. The number of ether oxygens (including phenoxy) is 1. The summed E-state index contributed by atoms with van der Waals surface area (Å²) in [7, 11) is 1.75. The highest BCUT2D eigenvalue weighted by molar-refractivity contribution is 5.32. The number of hydrogen-bond donors (Lipinski definition) is 1. The van der Waals surface area contributed by atoms with Crippen LogP contribution in [-0.2, 0) is 0 Å². The van der Waals surface area contributed by atoms with Gasteiger partial charge in [0.1, 0.15) is 5.75 Å². The molecule has 2 bridgehead atoms. The summed E-state index contributed by atoms with van der Waals surface area (Å²) in [5.74, 6) is 6.06. The first kappa shape index (κ1) is 12.5. The van der Waals surface area contributed by atoms with Crippen LogP contribution in [-0.4, -0.2) is 19.2 Å². The van der Waals surface area contributed by atoms with E-state index in [1.54, 1.807) is 13.5 Å². The van der Waals surface area contributed by atoms with Gasteiger partial charge in [0.15, 0.2) is 0 Å². The lowest BCUT2D eigenvalue weighted by atomic mass is 9.75. The van der Waals surface area contributed by atoms with Gasteiger partial charge < -0.3 is 10.1 Å². The Morgan fingerprint density at radius 3 is 2.52 bits per heavy atom. The highest BCUT2D eigenvalue weighted by atomic mass is 16.5. The Bertz CT molecular complexity index is 534. The zero-order valence-corrected chi connectivity index (χ0v) is 12.8. The number of hydrogen-bond acceptors (Lipinski definition) is 2. The van der Waals surface area contributed by atoms with Crippen molar-refractivity contribution in [2.24, 2.45) is 23.7 Å². The Morgan fingerprint density at radius 2 is 1.81 bits per heavy atom. The van der Waals surface area contributed by atoms with Crippen LogP contribution in [0.3, 0.4) is 0 Å². The Kier molecular flexibility index (Phi) is 2.67. The largest absolute Gasteiger partial charge is 0.497 e. The molecular formula is C19H25NO. The first-order valence-corrected chi connectivity index (χ1v) is 8.73. The fourth-order valence-corrected chi connectivity index (χ4v) is 5.74. The van der Waals surface area contributed by atoms with Gasteiger partial charge in [-0.1, -0.05) is 12.1 Å². The molecule has 0 spiro atoms. The molecule has 0 saturated heterocycles. The van der Waals surface area contributed by atoms with Gasteiger partial charge in [0, 0.05) is 12.1 Å². The molecule has 0 radical (unpaired) electrons. The predicted molar refractivity (Wildman–Crippen MR) is 83.5 cm³/mol. The number of rotatable bonds is 4. The molecule has 112 valence electrons. The summed E-state index contributed by atoms with van der Waals surface area (Å²) in [6.45, 7) is 0. The molecule has 4 fully saturated rings. The second kappa shape index (κ2) is 4.49. The highest BCUT2D eigenvalue weighted by Gasteiger charge is 2.65. The summed E-state index contributed by atoms with van der Waals surface area (Å²) in [4.78, 5) is 0. The minimum Gasteiger partial charge on any atom is -0.497 e. The van der Waals surface area contributed by atoms with Crippen LogP contribution >= 0.6 is 0 Å². The van der Waals surface area contributed by atoms with Crippen molar-refractivity contribution in [1.82, 2.24) is 5.32 Å². The first-order valence-electron chi connectivity index (χ1n) is 8.73. The number of fused-ring (bicyclic) bond motifs is 5. The van der Waals surface area contributed by atoms with Crippen molar-refractivity contribution in [1.29, 1.82) is 0 Å². The first-order chi connectivity index (χ1) is 10.3. The van der Waals surface area contributed by atoms with Crippen molar-refractivity contribution in [2.45, 2.75) is 50.1 Å². The topological polar surface area (TPSA) is 21.3 Å². The Hall–Kier alpha value is -1.02. The van der Waals surface area contributed by atoms with Crippen LogP contribution in [0, 0.1) is 23.7 Å². The van der Waals surface area contributed by atoms with E-state index in [4.69, 9.17) is 4.74 Å². The third-order valence-corrected chi connectivity index (χ3v) is 6.87. The number of benzene rings is 1. The summed E-state index contributed by atoms with van der Waals surface area (Å²) in [5, 5.41) is 3.99. The summed E-state index contributed by atoms with van der Waals surface area (Å²) in [5.41, 5.74) is 1.46. The zero-order chi connectivity index (χ0) is 14.0. The summed E-state index contributed by atoms with van der Waals surface area (Å²) >= 11 is 0. The second-order valence-electron chi connectivity index (χ2n) is 7.82. The molecule has 1 aromatic rings. The molecule has 0 aromatic heterocycles. The predicted octanol–water partition coefficient (Wildman–Crippen LogP) is 3.58. The monoisotopic (exact) mass is 283 g/mol. The number of nitrogens with one attached hydrogen (secondary N) is 1. The van der Waals surface area contributed by atoms with Crippen LogP contribution in [0.15, 0.2) is 24.3 Å². The van der Waals surface area contributed by atoms with E-state index in [0.29, 0.717) is 0 Å². The smallest absolute Gasteiger partial charge is 0.119 e. The minimum absolute atomic E-state index is 0.743. The maximum absolute atomic E-state index is 5.34. The molecule has 4 aliphatic rings. The molecule has 4 atom stereocenters. The van der Waals surface area contributed by atoms with Crippen LogP contribution in [0.1, 0.15) is 43.6 Å². The maximum atomic E-state index is 5.34. The zero-order valence-electron chi connectivity index (χ0n) is 12.8. The van der Waals surface area contributed by atoms with Crippen LogP contribution in [0.2, 0.25) is 0 Å². The van der Waals surface area contributed by atoms with Crippen molar-refractivity contribution in [3.8, 4) is 5.75 Å². The molecule has 1 N–H and O–H groups in total. The van der Waals surface area contributed by atoms with Gasteiger partial charge in [-0.05, 0) is 79.4 Å². The lowest BCUT2D eigenvalue weighted by molar-refractivity contribution is 0.271. The van der Waals surface area contributed by atoms with E-state index < -0.39 is 0 Å². The van der Waals surface area contributed by atoms with Crippen molar-refractivity contribution in [3.63, 3.8) is 0 Å². The fourth-order valence-electron chi connectivity index (χ4n) is 5.74. The molecule has 0 amide bonds. The summed E-state index contributed by atoms with van der Waals surface area (Å²) in [6, 6.07) is 10.3. The quantitative estimate of drug-likeness (QED) is 0.912. The van der Waals surface area contributed by atoms with E-state index in [1.807, 2.05) is 6.07 Å². The van der Waals surface area contributed by atoms with Crippen molar-refractivity contribution >= 4 is 0 Å². The molecule has 5 rings (SSSR count). The van der Waals surface area contributed by atoms with Crippen LogP contribution in [0.5, 0.6) is 5.75 Å². The van der Waals surface area contributed by atoms with Gasteiger partial charge in [0.05, 0.1) is 7.11 Å². The SMILES string of the molecule is COc1cccc(C2CC(NC3C4C5CCC(C5)C34)C2)c1.